The van der Waals surface area contributed by atoms with Gasteiger partial charge in [-0.05, 0) is 18.6 Å². The van der Waals surface area contributed by atoms with Crippen LogP contribution >= 0.6 is 0 Å². The predicted molar refractivity (Wildman–Crippen MR) is 71.2 cm³/mol. The van der Waals surface area contributed by atoms with Crippen molar-refractivity contribution >= 4 is 17.5 Å². The highest BCUT2D eigenvalue weighted by atomic mass is 19.1. The van der Waals surface area contributed by atoms with Gasteiger partial charge in [-0.1, -0.05) is 0 Å². The number of nitro benzene ring substituents is 1. The molecule has 8 heteroatoms. The molecule has 0 bridgehead atoms. The van der Waals surface area contributed by atoms with Gasteiger partial charge in [0.2, 0.25) is 11.7 Å². The van der Waals surface area contributed by atoms with Crippen molar-refractivity contribution < 1.29 is 18.9 Å². The SMILES string of the molecule is CC(=O)NC1CCN(C(=O)c2ccc(F)c([N+](=O)[O-])c2)C1. The Bertz CT molecular complexity index is 605. The maximum absolute atomic E-state index is 13.3. The number of likely N-dealkylation sites (tertiary alicyclic amines) is 1. The van der Waals surface area contributed by atoms with Crippen LogP contribution in [0.25, 0.3) is 0 Å². The molecule has 0 radical (unpaired) electrons. The molecule has 0 saturated carbocycles. The number of hydrogen-bond donors (Lipinski definition) is 1. The Hall–Kier alpha value is -2.51. The number of amides is 2. The van der Waals surface area contributed by atoms with Crippen molar-refractivity contribution in [3.63, 3.8) is 0 Å². The zero-order valence-corrected chi connectivity index (χ0v) is 11.3. The lowest BCUT2D eigenvalue weighted by molar-refractivity contribution is -0.387. The Morgan fingerprint density at radius 1 is 1.48 bits per heavy atom. The highest BCUT2D eigenvalue weighted by Crippen LogP contribution is 2.21. The van der Waals surface area contributed by atoms with E-state index >= 15 is 0 Å². The average molecular weight is 295 g/mol. The molecule has 2 amide bonds. The first-order valence-electron chi connectivity index (χ1n) is 6.39. The van der Waals surface area contributed by atoms with Crippen molar-refractivity contribution in [2.75, 3.05) is 13.1 Å². The summed E-state index contributed by atoms with van der Waals surface area (Å²) >= 11 is 0. The van der Waals surface area contributed by atoms with Crippen LogP contribution in [0.1, 0.15) is 23.7 Å². The lowest BCUT2D eigenvalue weighted by Gasteiger charge is -2.16. The minimum atomic E-state index is -0.978. The van der Waals surface area contributed by atoms with Crippen molar-refractivity contribution in [3.05, 3.63) is 39.7 Å². The van der Waals surface area contributed by atoms with Crippen molar-refractivity contribution in [1.82, 2.24) is 10.2 Å². The topological polar surface area (TPSA) is 92.6 Å². The fourth-order valence-electron chi connectivity index (χ4n) is 2.32. The third kappa shape index (κ3) is 3.33. The summed E-state index contributed by atoms with van der Waals surface area (Å²) in [6.45, 7) is 2.17. The first-order valence-corrected chi connectivity index (χ1v) is 6.39. The standard InChI is InChI=1S/C13H14FN3O4/c1-8(18)15-10-4-5-16(7-10)13(19)9-2-3-11(14)12(6-9)17(20)21/h2-3,6,10H,4-5,7H2,1H3,(H,15,18). The van der Waals surface area contributed by atoms with Gasteiger partial charge in [0.05, 0.1) is 4.92 Å². The summed E-state index contributed by atoms with van der Waals surface area (Å²) in [5, 5.41) is 13.4. The van der Waals surface area contributed by atoms with E-state index in [0.29, 0.717) is 19.5 Å². The fraction of sp³-hybridized carbons (Fsp3) is 0.385. The molecule has 0 aromatic heterocycles. The number of benzene rings is 1. The van der Waals surface area contributed by atoms with E-state index in [1.807, 2.05) is 0 Å². The third-order valence-corrected chi connectivity index (χ3v) is 3.27. The molecule has 0 aliphatic carbocycles. The molecule has 1 aliphatic heterocycles. The monoisotopic (exact) mass is 295 g/mol. The highest BCUT2D eigenvalue weighted by Gasteiger charge is 2.28. The normalized spacial score (nSPS) is 17.6. The Morgan fingerprint density at radius 3 is 2.81 bits per heavy atom. The maximum atomic E-state index is 13.3. The van der Waals surface area contributed by atoms with Crippen molar-refractivity contribution in [2.45, 2.75) is 19.4 Å². The van der Waals surface area contributed by atoms with Gasteiger partial charge in [-0.3, -0.25) is 19.7 Å². The highest BCUT2D eigenvalue weighted by molar-refractivity contribution is 5.95. The van der Waals surface area contributed by atoms with Crippen LogP contribution in [0.4, 0.5) is 10.1 Å². The van der Waals surface area contributed by atoms with E-state index in [2.05, 4.69) is 5.32 Å². The lowest BCUT2D eigenvalue weighted by Crippen LogP contribution is -2.37. The number of halogens is 1. The molecule has 1 aromatic carbocycles. The summed E-state index contributed by atoms with van der Waals surface area (Å²) in [6, 6.07) is 2.94. The van der Waals surface area contributed by atoms with Crippen molar-refractivity contribution in [3.8, 4) is 0 Å². The number of carbonyl (C=O) groups excluding carboxylic acids is 2. The van der Waals surface area contributed by atoms with Crippen LogP contribution < -0.4 is 5.32 Å². The maximum Gasteiger partial charge on any atom is 0.305 e. The molecule has 1 fully saturated rings. The molecular formula is C13H14FN3O4. The van der Waals surface area contributed by atoms with Crippen LogP contribution in [0.5, 0.6) is 0 Å². The zero-order chi connectivity index (χ0) is 15.6. The second kappa shape index (κ2) is 5.86. The number of nitro groups is 1. The van der Waals surface area contributed by atoms with E-state index in [9.17, 15) is 24.1 Å². The van der Waals surface area contributed by atoms with Gasteiger partial charge in [-0.2, -0.15) is 4.39 Å². The van der Waals surface area contributed by atoms with Gasteiger partial charge in [-0.25, -0.2) is 0 Å². The van der Waals surface area contributed by atoms with Gasteiger partial charge >= 0.3 is 5.69 Å². The molecule has 1 heterocycles. The molecule has 1 aliphatic rings. The molecule has 1 saturated heterocycles. The molecule has 1 aromatic rings. The van der Waals surface area contributed by atoms with Gasteiger partial charge in [-0.15, -0.1) is 0 Å². The quantitative estimate of drug-likeness (QED) is 0.667. The van der Waals surface area contributed by atoms with Gasteiger partial charge in [0.15, 0.2) is 0 Å². The zero-order valence-electron chi connectivity index (χ0n) is 11.3. The van der Waals surface area contributed by atoms with Gasteiger partial charge in [0.1, 0.15) is 0 Å². The van der Waals surface area contributed by atoms with E-state index in [4.69, 9.17) is 0 Å². The van der Waals surface area contributed by atoms with E-state index < -0.39 is 22.3 Å². The molecule has 1 N–H and O–H groups in total. The molecule has 1 atom stereocenters. The summed E-state index contributed by atoms with van der Waals surface area (Å²) in [5.41, 5.74) is -0.662. The Morgan fingerprint density at radius 2 is 2.19 bits per heavy atom. The van der Waals surface area contributed by atoms with Crippen LogP contribution in [0.3, 0.4) is 0 Å². The van der Waals surface area contributed by atoms with E-state index in [1.165, 1.54) is 17.9 Å². The number of nitrogens with one attached hydrogen (secondary N) is 1. The first kappa shape index (κ1) is 14.9. The smallest absolute Gasteiger partial charge is 0.305 e. The molecular weight excluding hydrogens is 281 g/mol. The lowest BCUT2D eigenvalue weighted by atomic mass is 10.1. The summed E-state index contributed by atoms with van der Waals surface area (Å²) < 4.78 is 13.3. The van der Waals surface area contributed by atoms with E-state index in [-0.39, 0.29) is 17.5 Å². The minimum absolute atomic E-state index is 0.0616. The average Bonchev–Trinajstić information content (AvgIpc) is 2.85. The van der Waals surface area contributed by atoms with Crippen LogP contribution in [-0.2, 0) is 4.79 Å². The number of hydrogen-bond acceptors (Lipinski definition) is 4. The molecule has 0 spiro atoms. The molecule has 112 valence electrons. The predicted octanol–water partition coefficient (Wildman–Crippen LogP) is 1.08. The van der Waals surface area contributed by atoms with Crippen LogP contribution in [0, 0.1) is 15.9 Å². The van der Waals surface area contributed by atoms with E-state index in [0.717, 1.165) is 12.1 Å². The number of carbonyl (C=O) groups is 2. The van der Waals surface area contributed by atoms with E-state index in [1.54, 1.807) is 0 Å². The second-order valence-electron chi connectivity index (χ2n) is 4.86. The number of rotatable bonds is 3. The largest absolute Gasteiger partial charge is 0.352 e. The third-order valence-electron chi connectivity index (χ3n) is 3.27. The minimum Gasteiger partial charge on any atom is -0.352 e. The fourth-order valence-corrected chi connectivity index (χ4v) is 2.32. The Labute approximate surface area is 119 Å². The van der Waals surface area contributed by atoms with Gasteiger partial charge < -0.3 is 10.2 Å². The molecule has 2 rings (SSSR count). The number of nitrogens with zero attached hydrogens (tertiary/aromatic N) is 2. The van der Waals surface area contributed by atoms with Crippen molar-refractivity contribution in [1.29, 1.82) is 0 Å². The van der Waals surface area contributed by atoms with Crippen molar-refractivity contribution in [2.24, 2.45) is 0 Å². The molecule has 7 nitrogen and oxygen atoms in total. The van der Waals surface area contributed by atoms with Gasteiger partial charge in [0, 0.05) is 37.7 Å². The summed E-state index contributed by atoms with van der Waals surface area (Å²) in [6.07, 6.45) is 0.620. The molecule has 1 unspecified atom stereocenters. The van der Waals surface area contributed by atoms with Gasteiger partial charge in [0.25, 0.3) is 5.91 Å². The Balaban J connectivity index is 2.12. The summed E-state index contributed by atoms with van der Waals surface area (Å²) in [7, 11) is 0. The Kier molecular flexibility index (Phi) is 4.15. The summed E-state index contributed by atoms with van der Waals surface area (Å²) in [4.78, 5) is 34.5. The first-order chi connectivity index (χ1) is 9.88. The second-order valence-corrected chi connectivity index (χ2v) is 4.86. The van der Waals surface area contributed by atoms with Crippen LogP contribution in [-0.4, -0.2) is 40.8 Å². The van der Waals surface area contributed by atoms with Crippen LogP contribution in [0.15, 0.2) is 18.2 Å². The van der Waals surface area contributed by atoms with Crippen LogP contribution in [0.2, 0.25) is 0 Å². The summed E-state index contributed by atoms with van der Waals surface area (Å²) in [5.74, 6) is -1.56. The molecule has 21 heavy (non-hydrogen) atoms.